The Hall–Kier alpha value is -2.23. The molecule has 0 fully saturated rings. The fourth-order valence-corrected chi connectivity index (χ4v) is 2.20. The Kier molecular flexibility index (Phi) is 2.59. The smallest absolute Gasteiger partial charge is 0.166 e. The lowest BCUT2D eigenvalue weighted by molar-refractivity contribution is 0.574. The molecule has 0 spiro atoms. The summed E-state index contributed by atoms with van der Waals surface area (Å²) in [4.78, 5) is 8.80. The summed E-state index contributed by atoms with van der Waals surface area (Å²) in [6, 6.07) is 10.0. The number of rotatable bonds is 1. The van der Waals surface area contributed by atoms with Gasteiger partial charge in [0.1, 0.15) is 6.33 Å². The van der Waals surface area contributed by atoms with Gasteiger partial charge in [0.15, 0.2) is 5.65 Å². The van der Waals surface area contributed by atoms with Crippen molar-refractivity contribution in [3.8, 4) is 5.69 Å². The van der Waals surface area contributed by atoms with Gasteiger partial charge in [0.25, 0.3) is 0 Å². The second-order valence-electron chi connectivity index (χ2n) is 5.60. The predicted octanol–water partition coefficient (Wildman–Crippen LogP) is 3.11. The van der Waals surface area contributed by atoms with Crippen molar-refractivity contribution in [3.05, 3.63) is 48.5 Å². The van der Waals surface area contributed by atoms with Crippen LogP contribution in [0.1, 0.15) is 26.5 Å². The number of benzene rings is 1. The van der Waals surface area contributed by atoms with E-state index in [2.05, 4.69) is 35.8 Å². The number of para-hydroxylation sites is 1. The first-order valence-electron chi connectivity index (χ1n) is 6.32. The van der Waals surface area contributed by atoms with Gasteiger partial charge < -0.3 is 0 Å². The number of hydrogen-bond donors (Lipinski definition) is 0. The predicted molar refractivity (Wildman–Crippen MR) is 75.4 cm³/mol. The molecule has 4 heteroatoms. The van der Waals surface area contributed by atoms with Crippen LogP contribution in [0, 0.1) is 0 Å². The summed E-state index contributed by atoms with van der Waals surface area (Å²) in [7, 11) is 0. The third kappa shape index (κ3) is 1.99. The van der Waals surface area contributed by atoms with Crippen LogP contribution in [0.4, 0.5) is 0 Å². The maximum atomic E-state index is 4.45. The summed E-state index contributed by atoms with van der Waals surface area (Å²) in [5.41, 5.74) is 2.87. The number of nitrogens with zero attached hydrogens (tertiary/aromatic N) is 4. The Labute approximate surface area is 112 Å². The van der Waals surface area contributed by atoms with Crippen molar-refractivity contribution in [2.24, 2.45) is 0 Å². The Bertz CT molecular complexity index is 708. The molecule has 3 rings (SSSR count). The zero-order chi connectivity index (χ0) is 13.5. The van der Waals surface area contributed by atoms with Gasteiger partial charge in [-0.2, -0.15) is 5.10 Å². The van der Waals surface area contributed by atoms with Gasteiger partial charge in [-0.3, -0.25) is 0 Å². The van der Waals surface area contributed by atoms with E-state index in [1.54, 1.807) is 6.33 Å². The molecular formula is C15H16N4. The van der Waals surface area contributed by atoms with E-state index in [0.29, 0.717) is 0 Å². The minimum absolute atomic E-state index is 0.0221. The maximum Gasteiger partial charge on any atom is 0.166 e. The van der Waals surface area contributed by atoms with Crippen molar-refractivity contribution < 1.29 is 0 Å². The van der Waals surface area contributed by atoms with Crippen LogP contribution in [0.3, 0.4) is 0 Å². The minimum atomic E-state index is -0.0221. The average Bonchev–Trinajstić information content (AvgIpc) is 2.82. The van der Waals surface area contributed by atoms with Gasteiger partial charge in [-0.05, 0) is 12.1 Å². The van der Waals surface area contributed by atoms with E-state index >= 15 is 0 Å². The third-order valence-electron chi connectivity index (χ3n) is 3.08. The van der Waals surface area contributed by atoms with Crippen LogP contribution in [0.15, 0.2) is 42.9 Å². The lowest BCUT2D eigenvalue weighted by atomic mass is 9.90. The van der Waals surface area contributed by atoms with E-state index in [1.807, 2.05) is 41.2 Å². The van der Waals surface area contributed by atoms with Crippen molar-refractivity contribution in [2.45, 2.75) is 26.2 Å². The van der Waals surface area contributed by atoms with Crippen LogP contribution in [-0.4, -0.2) is 19.7 Å². The largest absolute Gasteiger partial charge is 0.240 e. The van der Waals surface area contributed by atoms with E-state index in [9.17, 15) is 0 Å². The standard InChI is InChI=1S/C15H16N4/c1-15(2,3)13-12-9-18-19(14(12)17-10-16-13)11-7-5-4-6-8-11/h4-10H,1-3H3. The summed E-state index contributed by atoms with van der Waals surface area (Å²) in [6.45, 7) is 6.44. The Morgan fingerprint density at radius 3 is 2.42 bits per heavy atom. The first-order valence-corrected chi connectivity index (χ1v) is 6.32. The molecule has 2 aromatic heterocycles. The molecule has 0 N–H and O–H groups in total. The van der Waals surface area contributed by atoms with Crippen molar-refractivity contribution in [3.63, 3.8) is 0 Å². The Balaban J connectivity index is 2.26. The second kappa shape index (κ2) is 4.16. The molecule has 0 radical (unpaired) electrons. The molecule has 0 bridgehead atoms. The van der Waals surface area contributed by atoms with Gasteiger partial charge >= 0.3 is 0 Å². The molecule has 0 aliphatic carbocycles. The first-order chi connectivity index (χ1) is 9.07. The Morgan fingerprint density at radius 1 is 1.00 bits per heavy atom. The molecule has 1 aromatic carbocycles. The SMILES string of the molecule is CC(C)(C)c1ncnc2c1cnn2-c1ccccc1. The van der Waals surface area contributed by atoms with E-state index < -0.39 is 0 Å². The lowest BCUT2D eigenvalue weighted by Crippen LogP contribution is -2.14. The molecular weight excluding hydrogens is 236 g/mol. The molecule has 4 nitrogen and oxygen atoms in total. The van der Waals surface area contributed by atoms with Crippen LogP contribution < -0.4 is 0 Å². The highest BCUT2D eigenvalue weighted by Crippen LogP contribution is 2.27. The van der Waals surface area contributed by atoms with Crippen molar-refractivity contribution in [1.82, 2.24) is 19.7 Å². The highest BCUT2D eigenvalue weighted by molar-refractivity contribution is 5.79. The summed E-state index contributed by atoms with van der Waals surface area (Å²) in [6.07, 6.45) is 3.47. The van der Waals surface area contributed by atoms with Crippen molar-refractivity contribution >= 4 is 11.0 Å². The van der Waals surface area contributed by atoms with Gasteiger partial charge in [-0.1, -0.05) is 39.0 Å². The molecule has 0 unspecified atom stereocenters. The van der Waals surface area contributed by atoms with Crippen LogP contribution in [0.5, 0.6) is 0 Å². The summed E-state index contributed by atoms with van der Waals surface area (Å²) >= 11 is 0. The molecule has 0 saturated heterocycles. The molecule has 2 heterocycles. The molecule has 0 aliphatic rings. The van der Waals surface area contributed by atoms with Gasteiger partial charge in [0.2, 0.25) is 0 Å². The van der Waals surface area contributed by atoms with Gasteiger partial charge in [-0.25, -0.2) is 14.6 Å². The van der Waals surface area contributed by atoms with Crippen LogP contribution in [0.25, 0.3) is 16.7 Å². The quantitative estimate of drug-likeness (QED) is 0.668. The second-order valence-corrected chi connectivity index (χ2v) is 5.60. The molecule has 3 aromatic rings. The lowest BCUT2D eigenvalue weighted by Gasteiger charge is -2.17. The average molecular weight is 252 g/mol. The van der Waals surface area contributed by atoms with Gasteiger partial charge in [0, 0.05) is 5.41 Å². The maximum absolute atomic E-state index is 4.45. The fourth-order valence-electron chi connectivity index (χ4n) is 2.20. The molecule has 19 heavy (non-hydrogen) atoms. The van der Waals surface area contributed by atoms with Gasteiger partial charge in [-0.15, -0.1) is 0 Å². The molecule has 0 saturated carbocycles. The summed E-state index contributed by atoms with van der Waals surface area (Å²) < 4.78 is 1.85. The molecule has 0 aliphatic heterocycles. The number of hydrogen-bond acceptors (Lipinski definition) is 3. The number of fused-ring (bicyclic) bond motifs is 1. The third-order valence-corrected chi connectivity index (χ3v) is 3.08. The Morgan fingerprint density at radius 2 is 1.74 bits per heavy atom. The molecule has 0 amide bonds. The topological polar surface area (TPSA) is 43.6 Å². The highest BCUT2D eigenvalue weighted by Gasteiger charge is 2.21. The molecule has 0 atom stereocenters. The monoisotopic (exact) mass is 252 g/mol. The van der Waals surface area contributed by atoms with E-state index in [1.165, 1.54) is 0 Å². The summed E-state index contributed by atoms with van der Waals surface area (Å²) in [5.74, 6) is 0. The van der Waals surface area contributed by atoms with Crippen molar-refractivity contribution in [2.75, 3.05) is 0 Å². The normalized spacial score (nSPS) is 11.9. The number of aromatic nitrogens is 4. The van der Waals surface area contributed by atoms with Crippen LogP contribution in [0.2, 0.25) is 0 Å². The zero-order valence-corrected chi connectivity index (χ0v) is 11.3. The van der Waals surface area contributed by atoms with E-state index in [-0.39, 0.29) is 5.41 Å². The van der Waals surface area contributed by atoms with Crippen LogP contribution in [-0.2, 0) is 5.41 Å². The minimum Gasteiger partial charge on any atom is -0.240 e. The van der Waals surface area contributed by atoms with Crippen molar-refractivity contribution in [1.29, 1.82) is 0 Å². The van der Waals surface area contributed by atoms with E-state index in [4.69, 9.17) is 0 Å². The first kappa shape index (κ1) is 11.8. The van der Waals surface area contributed by atoms with E-state index in [0.717, 1.165) is 22.4 Å². The van der Waals surface area contributed by atoms with Crippen LogP contribution >= 0.6 is 0 Å². The van der Waals surface area contributed by atoms with Gasteiger partial charge in [0.05, 0.1) is 23.0 Å². The highest BCUT2D eigenvalue weighted by atomic mass is 15.3. The zero-order valence-electron chi connectivity index (χ0n) is 11.3. The fraction of sp³-hybridized carbons (Fsp3) is 0.267. The molecule has 96 valence electrons. The summed E-state index contributed by atoms with van der Waals surface area (Å²) in [5, 5.41) is 5.47.